The quantitative estimate of drug-likeness (QED) is 0.861. The Kier molecular flexibility index (Phi) is 4.66. The van der Waals surface area contributed by atoms with Crippen LogP contribution in [0.15, 0.2) is 54.9 Å². The summed E-state index contributed by atoms with van der Waals surface area (Å²) < 4.78 is 1.69. The molecule has 1 heterocycles. The first kappa shape index (κ1) is 14.7. The highest BCUT2D eigenvalue weighted by Crippen LogP contribution is 2.04. The SMILES string of the molecule is CN(C)C(=O)c1ccc[n+](CC(=O)Nc2ccccc2)c1. The number of amides is 2. The van der Waals surface area contributed by atoms with Gasteiger partial charge >= 0.3 is 0 Å². The first-order valence-corrected chi connectivity index (χ1v) is 6.62. The van der Waals surface area contributed by atoms with Gasteiger partial charge in [0, 0.05) is 25.8 Å². The largest absolute Gasteiger partial charge is 0.345 e. The van der Waals surface area contributed by atoms with E-state index in [0.717, 1.165) is 5.69 Å². The molecule has 1 N–H and O–H groups in total. The summed E-state index contributed by atoms with van der Waals surface area (Å²) in [6.07, 6.45) is 3.43. The van der Waals surface area contributed by atoms with E-state index in [4.69, 9.17) is 0 Å². The van der Waals surface area contributed by atoms with Crippen molar-refractivity contribution in [3.05, 3.63) is 60.4 Å². The van der Waals surface area contributed by atoms with Crippen LogP contribution in [0.1, 0.15) is 10.4 Å². The van der Waals surface area contributed by atoms with E-state index in [0.29, 0.717) is 5.56 Å². The molecule has 0 aliphatic carbocycles. The standard InChI is InChI=1S/C16H17N3O2/c1-18(2)16(21)13-7-6-10-19(11-13)12-15(20)17-14-8-4-3-5-9-14/h3-11H,12H2,1-2H3/p+1. The van der Waals surface area contributed by atoms with Crippen LogP contribution in [0.25, 0.3) is 0 Å². The summed E-state index contributed by atoms with van der Waals surface area (Å²) in [5.41, 5.74) is 1.30. The lowest BCUT2D eigenvalue weighted by Gasteiger charge is -2.09. The lowest BCUT2D eigenvalue weighted by atomic mass is 10.2. The van der Waals surface area contributed by atoms with Crippen molar-refractivity contribution in [2.75, 3.05) is 19.4 Å². The summed E-state index contributed by atoms with van der Waals surface area (Å²) in [5.74, 6) is -0.228. The second-order valence-electron chi connectivity index (χ2n) is 4.88. The molecule has 5 heteroatoms. The summed E-state index contributed by atoms with van der Waals surface area (Å²) >= 11 is 0. The van der Waals surface area contributed by atoms with Crippen molar-refractivity contribution in [3.8, 4) is 0 Å². The fourth-order valence-corrected chi connectivity index (χ4v) is 1.89. The predicted octanol–water partition coefficient (Wildman–Crippen LogP) is 1.31. The molecule has 0 bridgehead atoms. The third-order valence-corrected chi connectivity index (χ3v) is 2.90. The van der Waals surface area contributed by atoms with Gasteiger partial charge in [-0.2, -0.15) is 4.57 Å². The Morgan fingerprint density at radius 2 is 1.81 bits per heavy atom. The molecular weight excluding hydrogens is 266 g/mol. The molecule has 108 valence electrons. The van der Waals surface area contributed by atoms with Crippen LogP contribution in [0.4, 0.5) is 5.69 Å². The molecule has 0 aliphatic heterocycles. The van der Waals surface area contributed by atoms with Crippen LogP contribution in [-0.4, -0.2) is 30.8 Å². The Labute approximate surface area is 123 Å². The fraction of sp³-hybridized carbons (Fsp3) is 0.188. The third kappa shape index (κ3) is 4.14. The molecule has 2 rings (SSSR count). The Balaban J connectivity index is 2.04. The Morgan fingerprint density at radius 3 is 2.48 bits per heavy atom. The van der Waals surface area contributed by atoms with E-state index >= 15 is 0 Å². The number of rotatable bonds is 4. The van der Waals surface area contributed by atoms with Gasteiger partial charge < -0.3 is 10.2 Å². The number of para-hydroxylation sites is 1. The molecule has 0 radical (unpaired) electrons. The van der Waals surface area contributed by atoms with Crippen molar-refractivity contribution in [3.63, 3.8) is 0 Å². The van der Waals surface area contributed by atoms with Gasteiger partial charge in [-0.05, 0) is 18.2 Å². The van der Waals surface area contributed by atoms with Gasteiger partial charge in [0.25, 0.3) is 11.8 Å². The van der Waals surface area contributed by atoms with Crippen LogP contribution in [0.5, 0.6) is 0 Å². The smallest absolute Gasteiger partial charge is 0.290 e. The zero-order valence-corrected chi connectivity index (χ0v) is 12.1. The van der Waals surface area contributed by atoms with Gasteiger partial charge in [-0.15, -0.1) is 0 Å². The van der Waals surface area contributed by atoms with Gasteiger partial charge in [-0.25, -0.2) is 0 Å². The van der Waals surface area contributed by atoms with Crippen molar-refractivity contribution in [2.45, 2.75) is 6.54 Å². The maximum absolute atomic E-state index is 12.0. The van der Waals surface area contributed by atoms with Crippen LogP contribution < -0.4 is 9.88 Å². The van der Waals surface area contributed by atoms with Crippen LogP contribution in [0.3, 0.4) is 0 Å². The second kappa shape index (κ2) is 6.65. The van der Waals surface area contributed by atoms with E-state index in [9.17, 15) is 9.59 Å². The van der Waals surface area contributed by atoms with Gasteiger partial charge in [0.05, 0.1) is 0 Å². The highest BCUT2D eigenvalue weighted by atomic mass is 16.2. The van der Waals surface area contributed by atoms with Crippen molar-refractivity contribution < 1.29 is 14.2 Å². The number of anilines is 1. The molecule has 0 aliphatic rings. The molecule has 0 spiro atoms. The van der Waals surface area contributed by atoms with Crippen molar-refractivity contribution in [2.24, 2.45) is 0 Å². The molecule has 0 atom stereocenters. The zero-order chi connectivity index (χ0) is 15.2. The highest BCUT2D eigenvalue weighted by molar-refractivity contribution is 5.93. The van der Waals surface area contributed by atoms with Crippen molar-refractivity contribution in [1.82, 2.24) is 4.90 Å². The maximum Gasteiger partial charge on any atom is 0.290 e. The summed E-state index contributed by atoms with van der Waals surface area (Å²) in [5, 5.41) is 2.81. The summed E-state index contributed by atoms with van der Waals surface area (Å²) in [6.45, 7) is 0.156. The summed E-state index contributed by atoms with van der Waals surface area (Å²) in [7, 11) is 3.39. The van der Waals surface area contributed by atoms with Crippen LogP contribution in [-0.2, 0) is 11.3 Å². The van der Waals surface area contributed by atoms with Crippen molar-refractivity contribution in [1.29, 1.82) is 0 Å². The molecule has 21 heavy (non-hydrogen) atoms. The number of carbonyl (C=O) groups excluding carboxylic acids is 2. The van der Waals surface area contributed by atoms with Crippen molar-refractivity contribution >= 4 is 17.5 Å². The summed E-state index contributed by atoms with van der Waals surface area (Å²) in [6, 6.07) is 12.8. The number of carbonyl (C=O) groups is 2. The number of pyridine rings is 1. The third-order valence-electron chi connectivity index (χ3n) is 2.90. The van der Waals surface area contributed by atoms with E-state index in [1.54, 1.807) is 43.2 Å². The molecule has 5 nitrogen and oxygen atoms in total. The Bertz CT molecular complexity index is 639. The zero-order valence-electron chi connectivity index (χ0n) is 12.1. The molecule has 0 saturated heterocycles. The predicted molar refractivity (Wildman–Crippen MR) is 79.7 cm³/mol. The number of benzene rings is 1. The number of aromatic nitrogens is 1. The Hall–Kier alpha value is -2.69. The minimum Gasteiger partial charge on any atom is -0.345 e. The van der Waals surface area contributed by atoms with Gasteiger partial charge in [0.1, 0.15) is 5.56 Å². The van der Waals surface area contributed by atoms with Gasteiger partial charge in [0.15, 0.2) is 12.4 Å². The fourth-order valence-electron chi connectivity index (χ4n) is 1.89. The molecule has 1 aromatic carbocycles. The number of hydrogen-bond donors (Lipinski definition) is 1. The molecule has 0 saturated carbocycles. The molecule has 2 aromatic rings. The van der Waals surface area contributed by atoms with Gasteiger partial charge in [0.2, 0.25) is 6.54 Å². The van der Waals surface area contributed by atoms with E-state index in [2.05, 4.69) is 5.32 Å². The normalized spacial score (nSPS) is 10.0. The number of nitrogens with zero attached hydrogens (tertiary/aromatic N) is 2. The second-order valence-corrected chi connectivity index (χ2v) is 4.88. The van der Waals surface area contributed by atoms with Gasteiger partial charge in [-0.1, -0.05) is 18.2 Å². The van der Waals surface area contributed by atoms with E-state index < -0.39 is 0 Å². The van der Waals surface area contributed by atoms with Crippen LogP contribution >= 0.6 is 0 Å². The maximum atomic E-state index is 12.0. The summed E-state index contributed by atoms with van der Waals surface area (Å²) in [4.78, 5) is 25.4. The average molecular weight is 284 g/mol. The topological polar surface area (TPSA) is 53.3 Å². The molecule has 1 aromatic heterocycles. The molecule has 0 unspecified atom stereocenters. The minimum atomic E-state index is -0.138. The number of hydrogen-bond acceptors (Lipinski definition) is 2. The average Bonchev–Trinajstić information content (AvgIpc) is 2.47. The van der Waals surface area contributed by atoms with E-state index in [-0.39, 0.29) is 18.4 Å². The first-order chi connectivity index (χ1) is 10.1. The lowest BCUT2D eigenvalue weighted by Crippen LogP contribution is -2.40. The minimum absolute atomic E-state index is 0.0900. The van der Waals surface area contributed by atoms with Crippen LogP contribution in [0, 0.1) is 0 Å². The lowest BCUT2D eigenvalue weighted by molar-refractivity contribution is -0.684. The molecular formula is C16H18N3O2+. The monoisotopic (exact) mass is 284 g/mol. The van der Waals surface area contributed by atoms with E-state index in [1.807, 2.05) is 30.3 Å². The highest BCUT2D eigenvalue weighted by Gasteiger charge is 2.14. The van der Waals surface area contributed by atoms with Gasteiger partial charge in [-0.3, -0.25) is 9.59 Å². The van der Waals surface area contributed by atoms with Crippen LogP contribution in [0.2, 0.25) is 0 Å². The molecule has 0 fully saturated rings. The number of nitrogens with one attached hydrogen (secondary N) is 1. The Morgan fingerprint density at radius 1 is 1.10 bits per heavy atom. The van der Waals surface area contributed by atoms with E-state index in [1.165, 1.54) is 4.90 Å². The first-order valence-electron chi connectivity index (χ1n) is 6.62. The molecule has 2 amide bonds.